The predicted molar refractivity (Wildman–Crippen MR) is 71.1 cm³/mol. The van der Waals surface area contributed by atoms with E-state index in [0.717, 1.165) is 18.7 Å². The van der Waals surface area contributed by atoms with Crippen LogP contribution in [0.2, 0.25) is 0 Å². The lowest BCUT2D eigenvalue weighted by molar-refractivity contribution is -0.135. The molecule has 0 N–H and O–H groups in total. The van der Waals surface area contributed by atoms with Crippen LogP contribution >= 0.6 is 0 Å². The molecule has 5 heteroatoms. The van der Waals surface area contributed by atoms with Gasteiger partial charge in [0.05, 0.1) is 6.54 Å². The molecule has 5 nitrogen and oxygen atoms in total. The number of hydrogen-bond acceptors (Lipinski definition) is 4. The fourth-order valence-electron chi connectivity index (χ4n) is 2.09. The zero-order valence-electron chi connectivity index (χ0n) is 11.5. The van der Waals surface area contributed by atoms with Crippen LogP contribution < -0.4 is 4.74 Å². The number of aryl methyl sites for hydroxylation is 1. The quantitative estimate of drug-likeness (QED) is 0.807. The Kier molecular flexibility index (Phi) is 4.74. The van der Waals surface area contributed by atoms with Gasteiger partial charge >= 0.3 is 0 Å². The van der Waals surface area contributed by atoms with E-state index < -0.39 is 0 Å². The molecule has 0 aliphatic carbocycles. The van der Waals surface area contributed by atoms with Crippen molar-refractivity contribution >= 4 is 5.91 Å². The number of pyridine rings is 1. The second-order valence-electron chi connectivity index (χ2n) is 4.62. The summed E-state index contributed by atoms with van der Waals surface area (Å²) < 4.78 is 10.9. The SMILES string of the molecule is CCOCC(=O)N1CCC(Oc2cccc(C)n2)C1. The van der Waals surface area contributed by atoms with Gasteiger partial charge in [-0.05, 0) is 19.9 Å². The van der Waals surface area contributed by atoms with Crippen molar-refractivity contribution in [1.29, 1.82) is 0 Å². The van der Waals surface area contributed by atoms with E-state index in [9.17, 15) is 4.79 Å². The molecular weight excluding hydrogens is 244 g/mol. The summed E-state index contributed by atoms with van der Waals surface area (Å²) in [6.45, 7) is 5.87. The summed E-state index contributed by atoms with van der Waals surface area (Å²) in [6, 6.07) is 5.70. The number of aromatic nitrogens is 1. The molecule has 1 fully saturated rings. The number of ether oxygens (including phenoxy) is 2. The first-order valence-electron chi connectivity index (χ1n) is 6.65. The van der Waals surface area contributed by atoms with E-state index in [2.05, 4.69) is 4.98 Å². The van der Waals surface area contributed by atoms with Gasteiger partial charge in [0, 0.05) is 31.3 Å². The summed E-state index contributed by atoms with van der Waals surface area (Å²) in [5, 5.41) is 0. The van der Waals surface area contributed by atoms with Gasteiger partial charge in [0.15, 0.2) is 0 Å². The van der Waals surface area contributed by atoms with Crippen molar-refractivity contribution in [1.82, 2.24) is 9.88 Å². The lowest BCUT2D eigenvalue weighted by atomic mass is 10.3. The van der Waals surface area contributed by atoms with Crippen LogP contribution in [0.4, 0.5) is 0 Å². The fraction of sp³-hybridized carbons (Fsp3) is 0.571. The summed E-state index contributed by atoms with van der Waals surface area (Å²) in [7, 11) is 0. The van der Waals surface area contributed by atoms with Gasteiger partial charge < -0.3 is 14.4 Å². The minimum Gasteiger partial charge on any atom is -0.472 e. The van der Waals surface area contributed by atoms with Crippen LogP contribution in [0, 0.1) is 6.92 Å². The van der Waals surface area contributed by atoms with Gasteiger partial charge in [-0.3, -0.25) is 4.79 Å². The van der Waals surface area contributed by atoms with E-state index in [1.807, 2.05) is 32.0 Å². The topological polar surface area (TPSA) is 51.7 Å². The van der Waals surface area contributed by atoms with E-state index in [1.165, 1.54) is 0 Å². The molecule has 1 aromatic rings. The first-order chi connectivity index (χ1) is 9.19. The minimum atomic E-state index is 0.0277. The number of rotatable bonds is 5. The smallest absolute Gasteiger partial charge is 0.248 e. The average molecular weight is 264 g/mol. The monoisotopic (exact) mass is 264 g/mol. The molecule has 0 saturated carbocycles. The third-order valence-corrected chi connectivity index (χ3v) is 3.08. The third-order valence-electron chi connectivity index (χ3n) is 3.08. The van der Waals surface area contributed by atoms with Gasteiger partial charge in [-0.1, -0.05) is 6.07 Å². The zero-order chi connectivity index (χ0) is 13.7. The Morgan fingerprint density at radius 3 is 3.11 bits per heavy atom. The third kappa shape index (κ3) is 3.92. The summed E-state index contributed by atoms with van der Waals surface area (Å²) in [5.41, 5.74) is 0.930. The Morgan fingerprint density at radius 2 is 2.37 bits per heavy atom. The molecule has 0 bridgehead atoms. The van der Waals surface area contributed by atoms with E-state index in [-0.39, 0.29) is 18.6 Å². The van der Waals surface area contributed by atoms with Crippen molar-refractivity contribution in [2.75, 3.05) is 26.3 Å². The van der Waals surface area contributed by atoms with Gasteiger partial charge in [-0.15, -0.1) is 0 Å². The van der Waals surface area contributed by atoms with Crippen LogP contribution in [-0.4, -0.2) is 48.2 Å². The number of hydrogen-bond donors (Lipinski definition) is 0. The molecule has 2 rings (SSSR count). The lowest BCUT2D eigenvalue weighted by Crippen LogP contribution is -2.33. The molecule has 0 radical (unpaired) electrons. The highest BCUT2D eigenvalue weighted by atomic mass is 16.5. The summed E-state index contributed by atoms with van der Waals surface area (Å²) >= 11 is 0. The van der Waals surface area contributed by atoms with Gasteiger partial charge in [0.1, 0.15) is 12.7 Å². The Balaban J connectivity index is 1.83. The number of likely N-dealkylation sites (tertiary alicyclic amines) is 1. The molecule has 19 heavy (non-hydrogen) atoms. The standard InChI is InChI=1S/C14H20N2O3/c1-3-18-10-14(17)16-8-7-12(9-16)19-13-6-4-5-11(2)15-13/h4-6,12H,3,7-10H2,1-2H3. The first kappa shape index (κ1) is 13.8. The van der Waals surface area contributed by atoms with E-state index in [1.54, 1.807) is 4.90 Å². The second-order valence-corrected chi connectivity index (χ2v) is 4.62. The Morgan fingerprint density at radius 1 is 1.53 bits per heavy atom. The highest BCUT2D eigenvalue weighted by Crippen LogP contribution is 2.17. The molecule has 1 amide bonds. The molecule has 1 aliphatic heterocycles. The fourth-order valence-corrected chi connectivity index (χ4v) is 2.09. The van der Waals surface area contributed by atoms with Gasteiger partial charge in [-0.25, -0.2) is 4.98 Å². The average Bonchev–Trinajstić information content (AvgIpc) is 2.84. The van der Waals surface area contributed by atoms with Crippen molar-refractivity contribution < 1.29 is 14.3 Å². The van der Waals surface area contributed by atoms with Crippen molar-refractivity contribution in [3.8, 4) is 5.88 Å². The van der Waals surface area contributed by atoms with Crippen LogP contribution in [0.1, 0.15) is 19.0 Å². The van der Waals surface area contributed by atoms with Crippen LogP contribution in [-0.2, 0) is 9.53 Å². The van der Waals surface area contributed by atoms with Crippen molar-refractivity contribution in [2.45, 2.75) is 26.4 Å². The molecule has 1 atom stereocenters. The number of nitrogens with zero attached hydrogens (tertiary/aromatic N) is 2. The predicted octanol–water partition coefficient (Wildman–Crippen LogP) is 1.41. The van der Waals surface area contributed by atoms with Crippen molar-refractivity contribution in [3.05, 3.63) is 23.9 Å². The van der Waals surface area contributed by atoms with Gasteiger partial charge in [0.25, 0.3) is 0 Å². The highest BCUT2D eigenvalue weighted by Gasteiger charge is 2.27. The van der Waals surface area contributed by atoms with Crippen molar-refractivity contribution in [3.63, 3.8) is 0 Å². The van der Waals surface area contributed by atoms with Gasteiger partial charge in [-0.2, -0.15) is 0 Å². The molecule has 0 aromatic carbocycles. The molecule has 104 valence electrons. The minimum absolute atomic E-state index is 0.0277. The molecule has 1 saturated heterocycles. The Bertz CT molecular complexity index is 436. The molecule has 1 aliphatic rings. The van der Waals surface area contributed by atoms with Crippen LogP contribution in [0.5, 0.6) is 5.88 Å². The summed E-state index contributed by atoms with van der Waals surface area (Å²) in [5.74, 6) is 0.661. The molecule has 1 aromatic heterocycles. The number of amides is 1. The number of carbonyl (C=O) groups excluding carboxylic acids is 1. The van der Waals surface area contributed by atoms with E-state index in [0.29, 0.717) is 19.0 Å². The highest BCUT2D eigenvalue weighted by molar-refractivity contribution is 5.77. The van der Waals surface area contributed by atoms with Crippen LogP contribution in [0.3, 0.4) is 0 Å². The second kappa shape index (κ2) is 6.52. The molecule has 0 spiro atoms. The molecule has 1 unspecified atom stereocenters. The molecular formula is C14H20N2O3. The van der Waals surface area contributed by atoms with Crippen LogP contribution in [0.25, 0.3) is 0 Å². The number of carbonyl (C=O) groups is 1. The first-order valence-corrected chi connectivity index (χ1v) is 6.65. The lowest BCUT2D eigenvalue weighted by Gasteiger charge is -2.16. The van der Waals surface area contributed by atoms with Gasteiger partial charge in [0.2, 0.25) is 11.8 Å². The zero-order valence-corrected chi connectivity index (χ0v) is 11.5. The normalized spacial score (nSPS) is 18.6. The summed E-state index contributed by atoms with van der Waals surface area (Å²) in [6.07, 6.45) is 0.868. The Hall–Kier alpha value is -1.62. The largest absolute Gasteiger partial charge is 0.472 e. The van der Waals surface area contributed by atoms with E-state index >= 15 is 0 Å². The summed E-state index contributed by atoms with van der Waals surface area (Å²) in [4.78, 5) is 17.9. The molecule has 2 heterocycles. The van der Waals surface area contributed by atoms with Crippen molar-refractivity contribution in [2.24, 2.45) is 0 Å². The van der Waals surface area contributed by atoms with E-state index in [4.69, 9.17) is 9.47 Å². The van der Waals surface area contributed by atoms with Crippen LogP contribution in [0.15, 0.2) is 18.2 Å². The Labute approximate surface area is 113 Å². The maximum absolute atomic E-state index is 11.8. The maximum atomic E-state index is 11.8. The maximum Gasteiger partial charge on any atom is 0.248 e.